The number of ether oxygens (including phenoxy) is 1. The number of aliphatic hydroxyl groups is 2. The fourth-order valence-electron chi connectivity index (χ4n) is 3.31. The molecule has 1 aromatic carbocycles. The van der Waals surface area contributed by atoms with Gasteiger partial charge in [0, 0.05) is 12.3 Å². The zero-order valence-electron chi connectivity index (χ0n) is 13.9. The highest BCUT2D eigenvalue weighted by molar-refractivity contribution is 7.91. The summed E-state index contributed by atoms with van der Waals surface area (Å²) in [7, 11) is -3.41. The van der Waals surface area contributed by atoms with Crippen molar-refractivity contribution in [3.8, 4) is 0 Å². The average molecular weight is 354 g/mol. The standard InChI is InChI=1S/C18H26O5S/c1-3-7-17-16(13(2)18(23-17)10-14(20)11-19)12-24(21,22)15-8-5-4-6-9-15/h3-6,8-9,13-14,16-20H,1,7,10-12H2,2H3/t13-,14+,16?,17+,18-/m1/s1. The molecule has 24 heavy (non-hydrogen) atoms. The van der Waals surface area contributed by atoms with E-state index in [0.717, 1.165) is 0 Å². The van der Waals surface area contributed by atoms with Crippen LogP contribution in [0.5, 0.6) is 0 Å². The Morgan fingerprint density at radius 3 is 2.54 bits per heavy atom. The molecule has 1 heterocycles. The number of aliphatic hydroxyl groups excluding tert-OH is 2. The molecule has 0 spiro atoms. The molecule has 0 bridgehead atoms. The van der Waals surface area contributed by atoms with E-state index >= 15 is 0 Å². The summed E-state index contributed by atoms with van der Waals surface area (Å²) in [6.45, 7) is 5.34. The summed E-state index contributed by atoms with van der Waals surface area (Å²) in [5, 5.41) is 18.7. The second-order valence-corrected chi connectivity index (χ2v) is 8.46. The van der Waals surface area contributed by atoms with Crippen LogP contribution < -0.4 is 0 Å². The van der Waals surface area contributed by atoms with Crippen molar-refractivity contribution in [3.63, 3.8) is 0 Å². The van der Waals surface area contributed by atoms with Crippen molar-refractivity contribution >= 4 is 9.84 Å². The molecule has 0 amide bonds. The smallest absolute Gasteiger partial charge is 0.178 e. The van der Waals surface area contributed by atoms with Crippen LogP contribution in [0.1, 0.15) is 19.8 Å². The van der Waals surface area contributed by atoms with Gasteiger partial charge in [0.2, 0.25) is 0 Å². The molecule has 2 N–H and O–H groups in total. The monoisotopic (exact) mass is 354 g/mol. The summed E-state index contributed by atoms with van der Waals surface area (Å²) in [4.78, 5) is 0.313. The summed E-state index contributed by atoms with van der Waals surface area (Å²) >= 11 is 0. The molecule has 5 atom stereocenters. The third kappa shape index (κ3) is 4.45. The van der Waals surface area contributed by atoms with E-state index in [0.29, 0.717) is 17.7 Å². The Bertz CT molecular complexity index is 628. The van der Waals surface area contributed by atoms with Gasteiger partial charge in [-0.25, -0.2) is 8.42 Å². The SMILES string of the molecule is C=CC[C@@H]1O[C@H](C[C@H](O)CO)[C@H](C)C1CS(=O)(=O)c1ccccc1. The molecule has 5 nitrogen and oxygen atoms in total. The molecule has 6 heteroatoms. The van der Waals surface area contributed by atoms with E-state index in [4.69, 9.17) is 9.84 Å². The summed E-state index contributed by atoms with van der Waals surface area (Å²) < 4.78 is 31.4. The van der Waals surface area contributed by atoms with E-state index in [-0.39, 0.29) is 36.4 Å². The molecule has 2 rings (SSSR count). The zero-order chi connectivity index (χ0) is 17.7. The quantitative estimate of drug-likeness (QED) is 0.696. The molecule has 0 aromatic heterocycles. The molecule has 1 saturated heterocycles. The molecule has 134 valence electrons. The van der Waals surface area contributed by atoms with Gasteiger partial charge in [0.25, 0.3) is 0 Å². The van der Waals surface area contributed by atoms with E-state index in [9.17, 15) is 13.5 Å². The minimum atomic E-state index is -3.41. The largest absolute Gasteiger partial charge is 0.394 e. The number of hydrogen-bond acceptors (Lipinski definition) is 5. The van der Waals surface area contributed by atoms with Crippen LogP contribution in [0, 0.1) is 11.8 Å². The van der Waals surface area contributed by atoms with Gasteiger partial charge in [-0.1, -0.05) is 31.2 Å². The molecule has 1 unspecified atom stereocenters. The van der Waals surface area contributed by atoms with Crippen LogP contribution in [0.15, 0.2) is 47.9 Å². The van der Waals surface area contributed by atoms with Gasteiger partial charge in [-0.2, -0.15) is 0 Å². The number of rotatable bonds is 8. The van der Waals surface area contributed by atoms with Crippen LogP contribution in [0.25, 0.3) is 0 Å². The predicted molar refractivity (Wildman–Crippen MR) is 92.3 cm³/mol. The van der Waals surface area contributed by atoms with Crippen LogP contribution >= 0.6 is 0 Å². The average Bonchev–Trinajstić information content (AvgIpc) is 2.84. The van der Waals surface area contributed by atoms with Crippen LogP contribution in [-0.2, 0) is 14.6 Å². The van der Waals surface area contributed by atoms with Crippen LogP contribution in [0.2, 0.25) is 0 Å². The first-order valence-corrected chi connectivity index (χ1v) is 9.87. The molecule has 1 aliphatic rings. The summed E-state index contributed by atoms with van der Waals surface area (Å²) in [5.41, 5.74) is 0. The Balaban J connectivity index is 2.18. The first-order valence-electron chi connectivity index (χ1n) is 8.22. The van der Waals surface area contributed by atoms with Crippen molar-refractivity contribution in [1.82, 2.24) is 0 Å². The molecule has 1 aliphatic heterocycles. The lowest BCUT2D eigenvalue weighted by molar-refractivity contribution is -0.0111. The molecule has 0 saturated carbocycles. The van der Waals surface area contributed by atoms with Crippen LogP contribution in [0.4, 0.5) is 0 Å². The van der Waals surface area contributed by atoms with Crippen molar-refractivity contribution < 1.29 is 23.4 Å². The Hall–Kier alpha value is -1.21. The lowest BCUT2D eigenvalue weighted by atomic mass is 9.87. The van der Waals surface area contributed by atoms with E-state index in [1.54, 1.807) is 36.4 Å². The maximum absolute atomic E-state index is 12.7. The van der Waals surface area contributed by atoms with E-state index < -0.39 is 15.9 Å². The number of benzene rings is 1. The zero-order valence-corrected chi connectivity index (χ0v) is 14.7. The molecular weight excluding hydrogens is 328 g/mol. The second-order valence-electron chi connectivity index (χ2n) is 6.43. The molecular formula is C18H26O5S. The van der Waals surface area contributed by atoms with Crippen LogP contribution in [0.3, 0.4) is 0 Å². The van der Waals surface area contributed by atoms with Crippen molar-refractivity contribution in [2.75, 3.05) is 12.4 Å². The highest BCUT2D eigenvalue weighted by atomic mass is 32.2. The van der Waals surface area contributed by atoms with E-state index in [1.807, 2.05) is 6.92 Å². The van der Waals surface area contributed by atoms with Gasteiger partial charge in [-0.05, 0) is 24.5 Å². The highest BCUT2D eigenvalue weighted by Gasteiger charge is 2.43. The maximum Gasteiger partial charge on any atom is 0.178 e. The van der Waals surface area contributed by atoms with Gasteiger partial charge in [0.1, 0.15) is 0 Å². The summed E-state index contributed by atoms with van der Waals surface area (Å²) in [6, 6.07) is 8.41. The third-order valence-corrected chi connectivity index (χ3v) is 6.53. The Labute approximate surface area is 143 Å². The second kappa shape index (κ2) is 8.25. The van der Waals surface area contributed by atoms with Crippen molar-refractivity contribution in [2.24, 2.45) is 11.8 Å². The normalized spacial score (nSPS) is 28.6. The van der Waals surface area contributed by atoms with Crippen LogP contribution in [-0.4, -0.2) is 49.3 Å². The van der Waals surface area contributed by atoms with Gasteiger partial charge >= 0.3 is 0 Å². The minimum absolute atomic E-state index is 0.00239. The molecule has 1 fully saturated rings. The number of hydrogen-bond donors (Lipinski definition) is 2. The summed E-state index contributed by atoms with van der Waals surface area (Å²) in [5.74, 6) is -0.207. The first-order chi connectivity index (χ1) is 11.4. The van der Waals surface area contributed by atoms with Crippen molar-refractivity contribution in [1.29, 1.82) is 0 Å². The molecule has 0 radical (unpaired) electrons. The van der Waals surface area contributed by atoms with Gasteiger partial charge in [0.15, 0.2) is 9.84 Å². The van der Waals surface area contributed by atoms with Crippen molar-refractivity contribution in [2.45, 2.75) is 43.0 Å². The van der Waals surface area contributed by atoms with Gasteiger partial charge in [-0.15, -0.1) is 6.58 Å². The Kier molecular flexibility index (Phi) is 6.57. The lowest BCUT2D eigenvalue weighted by Crippen LogP contribution is -2.29. The van der Waals surface area contributed by atoms with E-state index in [1.165, 1.54) is 0 Å². The van der Waals surface area contributed by atoms with E-state index in [2.05, 4.69) is 6.58 Å². The summed E-state index contributed by atoms with van der Waals surface area (Å²) in [6.07, 6.45) is 1.22. The maximum atomic E-state index is 12.7. The topological polar surface area (TPSA) is 83.8 Å². The minimum Gasteiger partial charge on any atom is -0.394 e. The molecule has 1 aromatic rings. The lowest BCUT2D eigenvalue weighted by Gasteiger charge is -2.21. The van der Waals surface area contributed by atoms with Crippen molar-refractivity contribution in [3.05, 3.63) is 43.0 Å². The Morgan fingerprint density at radius 1 is 1.29 bits per heavy atom. The molecule has 0 aliphatic carbocycles. The van der Waals surface area contributed by atoms with Gasteiger partial charge in [-0.3, -0.25) is 0 Å². The highest BCUT2D eigenvalue weighted by Crippen LogP contribution is 2.38. The fraction of sp³-hybridized carbons (Fsp3) is 0.556. The Morgan fingerprint density at radius 2 is 1.96 bits per heavy atom. The number of sulfone groups is 1. The van der Waals surface area contributed by atoms with Gasteiger partial charge in [0.05, 0.1) is 35.6 Å². The predicted octanol–water partition coefficient (Wildman–Crippen LogP) is 1.80. The fourth-order valence-corrected chi connectivity index (χ4v) is 5.10. The third-order valence-electron chi connectivity index (χ3n) is 4.72. The first kappa shape index (κ1) is 19.1. The van der Waals surface area contributed by atoms with Gasteiger partial charge < -0.3 is 14.9 Å².